The summed E-state index contributed by atoms with van der Waals surface area (Å²) < 4.78 is 0. The van der Waals surface area contributed by atoms with Crippen LogP contribution in [0.25, 0.3) is 0 Å². The summed E-state index contributed by atoms with van der Waals surface area (Å²) in [6.45, 7) is 7.86. The third-order valence-corrected chi connectivity index (χ3v) is 3.38. The molecule has 1 rings (SSSR count). The van der Waals surface area contributed by atoms with Gasteiger partial charge in [0.05, 0.1) is 12.6 Å². The molecule has 0 aromatic rings. The Kier molecular flexibility index (Phi) is 6.43. The number of aliphatic hydroxyl groups excluding tert-OH is 1. The number of nitrogens with zero attached hydrogens (tertiary/aromatic N) is 1. The number of aliphatic hydroxyl groups is 1. The number of nitrogens with one attached hydrogen (secondary N) is 2. The molecule has 0 radical (unpaired) electrons. The smallest absolute Gasteiger partial charge is 0.315 e. The highest BCUT2D eigenvalue weighted by atomic mass is 16.3. The predicted molar refractivity (Wildman–Crippen MR) is 72.6 cm³/mol. The summed E-state index contributed by atoms with van der Waals surface area (Å²) in [4.78, 5) is 14.0. The second-order valence-electron chi connectivity index (χ2n) is 5.25. The Balaban J connectivity index is 2.17. The van der Waals surface area contributed by atoms with Gasteiger partial charge in [0, 0.05) is 25.2 Å². The molecule has 0 saturated heterocycles. The van der Waals surface area contributed by atoms with Crippen LogP contribution < -0.4 is 10.6 Å². The Hall–Kier alpha value is -0.810. The first kappa shape index (κ1) is 15.2. The normalized spacial score (nSPS) is 17.0. The number of amides is 2. The van der Waals surface area contributed by atoms with E-state index in [9.17, 15) is 4.79 Å². The maximum Gasteiger partial charge on any atom is 0.315 e. The highest BCUT2D eigenvalue weighted by Gasteiger charge is 2.30. The van der Waals surface area contributed by atoms with E-state index in [0.717, 1.165) is 19.0 Å². The van der Waals surface area contributed by atoms with E-state index in [0.29, 0.717) is 12.6 Å². The lowest BCUT2D eigenvalue weighted by molar-refractivity contribution is 0.200. The summed E-state index contributed by atoms with van der Waals surface area (Å²) in [6, 6.07) is 0.920. The Morgan fingerprint density at radius 3 is 2.56 bits per heavy atom. The van der Waals surface area contributed by atoms with Crippen molar-refractivity contribution < 1.29 is 9.90 Å². The molecule has 5 heteroatoms. The summed E-state index contributed by atoms with van der Waals surface area (Å²) in [7, 11) is 0. The molecule has 0 aromatic heterocycles. The molecule has 0 bridgehead atoms. The number of urea groups is 1. The van der Waals surface area contributed by atoms with Crippen molar-refractivity contribution in [1.82, 2.24) is 15.5 Å². The SMILES string of the molecule is CCC(CO)NC(=O)NCCN(C(C)C)C1CC1. The van der Waals surface area contributed by atoms with Crippen molar-refractivity contribution >= 4 is 6.03 Å². The van der Waals surface area contributed by atoms with E-state index >= 15 is 0 Å². The van der Waals surface area contributed by atoms with Crippen molar-refractivity contribution in [3.8, 4) is 0 Å². The zero-order valence-electron chi connectivity index (χ0n) is 11.8. The molecule has 1 unspecified atom stereocenters. The fraction of sp³-hybridized carbons (Fsp3) is 0.923. The van der Waals surface area contributed by atoms with E-state index in [-0.39, 0.29) is 18.7 Å². The highest BCUT2D eigenvalue weighted by Crippen LogP contribution is 2.27. The van der Waals surface area contributed by atoms with Crippen LogP contribution in [0.5, 0.6) is 0 Å². The maximum atomic E-state index is 11.6. The molecule has 18 heavy (non-hydrogen) atoms. The first-order valence-corrected chi connectivity index (χ1v) is 6.99. The van der Waals surface area contributed by atoms with Crippen LogP contribution in [0.2, 0.25) is 0 Å². The third-order valence-electron chi connectivity index (χ3n) is 3.38. The van der Waals surface area contributed by atoms with Crippen molar-refractivity contribution in [2.24, 2.45) is 0 Å². The van der Waals surface area contributed by atoms with E-state index in [4.69, 9.17) is 5.11 Å². The van der Waals surface area contributed by atoms with Gasteiger partial charge in [0.2, 0.25) is 0 Å². The van der Waals surface area contributed by atoms with Crippen LogP contribution in [0.3, 0.4) is 0 Å². The van der Waals surface area contributed by atoms with E-state index in [1.807, 2.05) is 6.92 Å². The summed E-state index contributed by atoms with van der Waals surface area (Å²) in [6.07, 6.45) is 3.31. The predicted octanol–water partition coefficient (Wildman–Crippen LogP) is 0.929. The third kappa shape index (κ3) is 5.23. The topological polar surface area (TPSA) is 64.6 Å². The van der Waals surface area contributed by atoms with Crippen LogP contribution in [0.15, 0.2) is 0 Å². The minimum atomic E-state index is -0.185. The minimum Gasteiger partial charge on any atom is -0.394 e. The van der Waals surface area contributed by atoms with Gasteiger partial charge in [0.15, 0.2) is 0 Å². The minimum absolute atomic E-state index is 0.00981. The monoisotopic (exact) mass is 257 g/mol. The van der Waals surface area contributed by atoms with Crippen molar-refractivity contribution in [1.29, 1.82) is 0 Å². The van der Waals surface area contributed by atoms with Gasteiger partial charge in [-0.25, -0.2) is 4.79 Å². The Labute approximate surface area is 110 Å². The van der Waals surface area contributed by atoms with Gasteiger partial charge in [-0.3, -0.25) is 4.90 Å². The van der Waals surface area contributed by atoms with Gasteiger partial charge in [0.25, 0.3) is 0 Å². The average Bonchev–Trinajstić information content (AvgIpc) is 3.15. The summed E-state index contributed by atoms with van der Waals surface area (Å²) in [5, 5.41) is 14.6. The summed E-state index contributed by atoms with van der Waals surface area (Å²) >= 11 is 0. The van der Waals surface area contributed by atoms with Gasteiger partial charge in [-0.2, -0.15) is 0 Å². The fourth-order valence-corrected chi connectivity index (χ4v) is 2.08. The fourth-order valence-electron chi connectivity index (χ4n) is 2.08. The van der Waals surface area contributed by atoms with Crippen LogP contribution >= 0.6 is 0 Å². The lowest BCUT2D eigenvalue weighted by atomic mass is 10.2. The number of hydrogen-bond acceptors (Lipinski definition) is 3. The molecule has 0 aromatic carbocycles. The second-order valence-corrected chi connectivity index (χ2v) is 5.25. The van der Waals surface area contributed by atoms with Crippen LogP contribution in [-0.4, -0.2) is 53.9 Å². The van der Waals surface area contributed by atoms with Gasteiger partial charge in [0.1, 0.15) is 0 Å². The molecule has 1 aliphatic carbocycles. The quantitative estimate of drug-likeness (QED) is 0.606. The summed E-state index contributed by atoms with van der Waals surface area (Å²) in [5.41, 5.74) is 0. The molecule has 0 spiro atoms. The van der Waals surface area contributed by atoms with Crippen molar-refractivity contribution in [2.45, 2.75) is 58.2 Å². The zero-order chi connectivity index (χ0) is 13.5. The highest BCUT2D eigenvalue weighted by molar-refractivity contribution is 5.74. The largest absolute Gasteiger partial charge is 0.394 e. The molecule has 1 saturated carbocycles. The number of carbonyl (C=O) groups excluding carboxylic acids is 1. The van der Waals surface area contributed by atoms with Gasteiger partial charge in [-0.1, -0.05) is 6.92 Å². The summed E-state index contributed by atoms with van der Waals surface area (Å²) in [5.74, 6) is 0. The molecule has 1 atom stereocenters. The molecular weight excluding hydrogens is 230 g/mol. The van der Waals surface area contributed by atoms with E-state index < -0.39 is 0 Å². The van der Waals surface area contributed by atoms with E-state index in [1.54, 1.807) is 0 Å². The van der Waals surface area contributed by atoms with E-state index in [2.05, 4.69) is 29.4 Å². The number of rotatable bonds is 8. The van der Waals surface area contributed by atoms with Gasteiger partial charge < -0.3 is 15.7 Å². The lowest BCUT2D eigenvalue weighted by Gasteiger charge is -2.26. The van der Waals surface area contributed by atoms with E-state index in [1.165, 1.54) is 12.8 Å². The molecule has 0 heterocycles. The lowest BCUT2D eigenvalue weighted by Crippen LogP contribution is -2.46. The Morgan fingerprint density at radius 1 is 1.44 bits per heavy atom. The number of carbonyl (C=O) groups is 1. The average molecular weight is 257 g/mol. The van der Waals surface area contributed by atoms with Crippen LogP contribution in [0, 0.1) is 0 Å². The molecule has 1 aliphatic rings. The van der Waals surface area contributed by atoms with Crippen LogP contribution in [0.4, 0.5) is 4.79 Å². The molecule has 1 fully saturated rings. The molecule has 5 nitrogen and oxygen atoms in total. The Morgan fingerprint density at radius 2 is 2.11 bits per heavy atom. The standard InChI is InChI=1S/C13H27N3O2/c1-4-11(9-17)15-13(18)14-7-8-16(10(2)3)12-5-6-12/h10-12,17H,4-9H2,1-3H3,(H2,14,15,18). The van der Waals surface area contributed by atoms with Crippen molar-refractivity contribution in [3.63, 3.8) is 0 Å². The maximum absolute atomic E-state index is 11.6. The second kappa shape index (κ2) is 7.59. The van der Waals surface area contributed by atoms with Gasteiger partial charge >= 0.3 is 6.03 Å². The first-order valence-electron chi connectivity index (χ1n) is 6.99. The first-order chi connectivity index (χ1) is 8.58. The number of hydrogen-bond donors (Lipinski definition) is 3. The van der Waals surface area contributed by atoms with Crippen molar-refractivity contribution in [2.75, 3.05) is 19.7 Å². The molecule has 106 valence electrons. The molecule has 3 N–H and O–H groups in total. The van der Waals surface area contributed by atoms with Crippen LogP contribution in [-0.2, 0) is 0 Å². The van der Waals surface area contributed by atoms with Crippen LogP contribution in [0.1, 0.15) is 40.0 Å². The Bertz CT molecular complexity index is 249. The zero-order valence-corrected chi connectivity index (χ0v) is 11.8. The van der Waals surface area contributed by atoms with Crippen molar-refractivity contribution in [3.05, 3.63) is 0 Å². The molecular formula is C13H27N3O2. The van der Waals surface area contributed by atoms with Gasteiger partial charge in [-0.05, 0) is 33.1 Å². The molecule has 0 aliphatic heterocycles. The molecule has 2 amide bonds. The van der Waals surface area contributed by atoms with Gasteiger partial charge in [-0.15, -0.1) is 0 Å².